The molecular formula is C8H14O. The summed E-state index contributed by atoms with van der Waals surface area (Å²) in [7, 11) is 0. The van der Waals surface area contributed by atoms with Crippen LogP contribution >= 0.6 is 0 Å². The molecule has 0 amide bonds. The minimum Gasteiger partial charge on any atom is -0.393 e. The molecule has 2 aliphatic rings. The van der Waals surface area contributed by atoms with Gasteiger partial charge in [0.15, 0.2) is 0 Å². The summed E-state index contributed by atoms with van der Waals surface area (Å²) in [6.07, 6.45) is 6.43. The van der Waals surface area contributed by atoms with E-state index in [9.17, 15) is 5.11 Å². The number of fused-ring (bicyclic) bond motifs is 2. The predicted molar refractivity (Wildman–Crippen MR) is 36.1 cm³/mol. The maximum Gasteiger partial charge on any atom is 0.0545 e. The van der Waals surface area contributed by atoms with Crippen LogP contribution in [0, 0.1) is 11.8 Å². The Hall–Kier alpha value is -0.0400. The highest BCUT2D eigenvalue weighted by molar-refractivity contribution is 4.84. The van der Waals surface area contributed by atoms with Crippen LogP contribution in [0.2, 0.25) is 0 Å². The summed E-state index contributed by atoms with van der Waals surface area (Å²) in [5.74, 6) is 1.78. The molecule has 0 spiro atoms. The molecule has 2 rings (SSSR count). The molecule has 1 nitrogen and oxygen atoms in total. The predicted octanol–water partition coefficient (Wildman–Crippen LogP) is 1.56. The third-order valence-electron chi connectivity index (χ3n) is 2.86. The highest BCUT2D eigenvalue weighted by atomic mass is 16.3. The van der Waals surface area contributed by atoms with Crippen LogP contribution in [-0.2, 0) is 0 Å². The molecule has 0 radical (unpaired) electrons. The van der Waals surface area contributed by atoms with Crippen molar-refractivity contribution in [2.24, 2.45) is 11.8 Å². The van der Waals surface area contributed by atoms with Crippen molar-refractivity contribution in [3.8, 4) is 0 Å². The van der Waals surface area contributed by atoms with Gasteiger partial charge >= 0.3 is 0 Å². The van der Waals surface area contributed by atoms with Crippen LogP contribution in [0.1, 0.15) is 32.1 Å². The Balaban J connectivity index is 2.03. The number of rotatable bonds is 0. The SMILES string of the molecule is O[C@H]1C[C@H]2CC[C@@H](C1)C2. The molecule has 0 unspecified atom stereocenters. The van der Waals surface area contributed by atoms with Crippen LogP contribution in [0.3, 0.4) is 0 Å². The molecule has 2 saturated carbocycles. The third-order valence-corrected chi connectivity index (χ3v) is 2.86. The minimum absolute atomic E-state index is 0.0521. The standard InChI is InChI=1S/C8H14O/c9-8-4-6-1-2-7(3-6)5-8/h6-9H,1-5H2/t6-,7+,8-. The Bertz CT molecular complexity index is 99.1. The first-order valence-corrected chi connectivity index (χ1v) is 4.02. The zero-order valence-corrected chi connectivity index (χ0v) is 5.71. The molecule has 9 heavy (non-hydrogen) atoms. The molecule has 0 saturated heterocycles. The lowest BCUT2D eigenvalue weighted by Crippen LogP contribution is -2.19. The van der Waals surface area contributed by atoms with E-state index in [0.717, 1.165) is 24.7 Å². The number of hydrogen-bond donors (Lipinski definition) is 1. The van der Waals surface area contributed by atoms with Gasteiger partial charge in [0.25, 0.3) is 0 Å². The molecule has 0 aromatic heterocycles. The Morgan fingerprint density at radius 1 is 0.889 bits per heavy atom. The van der Waals surface area contributed by atoms with Gasteiger partial charge in [-0.3, -0.25) is 0 Å². The van der Waals surface area contributed by atoms with Gasteiger partial charge in [0.05, 0.1) is 6.10 Å². The second-order valence-electron chi connectivity index (χ2n) is 3.67. The molecule has 0 heterocycles. The van der Waals surface area contributed by atoms with Gasteiger partial charge in [-0.15, -0.1) is 0 Å². The monoisotopic (exact) mass is 126 g/mol. The van der Waals surface area contributed by atoms with Gasteiger partial charge in [0, 0.05) is 0 Å². The van der Waals surface area contributed by atoms with E-state index in [1.807, 2.05) is 0 Å². The Labute approximate surface area is 56.1 Å². The van der Waals surface area contributed by atoms with E-state index in [2.05, 4.69) is 0 Å². The summed E-state index contributed by atoms with van der Waals surface area (Å²) >= 11 is 0. The summed E-state index contributed by atoms with van der Waals surface area (Å²) in [5.41, 5.74) is 0. The highest BCUT2D eigenvalue weighted by Gasteiger charge is 2.32. The van der Waals surface area contributed by atoms with Gasteiger partial charge in [0.1, 0.15) is 0 Å². The molecule has 0 aliphatic heterocycles. The van der Waals surface area contributed by atoms with Crippen molar-refractivity contribution >= 4 is 0 Å². The van der Waals surface area contributed by atoms with E-state index in [1.165, 1.54) is 19.3 Å². The number of aliphatic hydroxyl groups is 1. The van der Waals surface area contributed by atoms with Gasteiger partial charge in [-0.1, -0.05) is 12.8 Å². The van der Waals surface area contributed by atoms with E-state index < -0.39 is 0 Å². The van der Waals surface area contributed by atoms with Crippen LogP contribution in [0.4, 0.5) is 0 Å². The van der Waals surface area contributed by atoms with Gasteiger partial charge in [-0.2, -0.15) is 0 Å². The second kappa shape index (κ2) is 1.98. The van der Waals surface area contributed by atoms with Gasteiger partial charge < -0.3 is 5.11 Å². The van der Waals surface area contributed by atoms with E-state index in [1.54, 1.807) is 0 Å². The average Bonchev–Trinajstić information content (AvgIpc) is 2.11. The zero-order chi connectivity index (χ0) is 6.27. The molecule has 1 heteroatoms. The molecular weight excluding hydrogens is 112 g/mol. The molecule has 0 aromatic carbocycles. The summed E-state index contributed by atoms with van der Waals surface area (Å²) in [4.78, 5) is 0. The van der Waals surface area contributed by atoms with Crippen molar-refractivity contribution in [1.29, 1.82) is 0 Å². The smallest absolute Gasteiger partial charge is 0.0545 e. The molecule has 3 atom stereocenters. The minimum atomic E-state index is 0.0521. The second-order valence-corrected chi connectivity index (χ2v) is 3.67. The fourth-order valence-corrected chi connectivity index (χ4v) is 2.47. The molecule has 52 valence electrons. The summed E-state index contributed by atoms with van der Waals surface area (Å²) in [6.45, 7) is 0. The topological polar surface area (TPSA) is 20.2 Å². The van der Waals surface area contributed by atoms with Crippen molar-refractivity contribution in [2.45, 2.75) is 38.2 Å². The van der Waals surface area contributed by atoms with Crippen LogP contribution in [0.5, 0.6) is 0 Å². The molecule has 2 fully saturated rings. The van der Waals surface area contributed by atoms with Gasteiger partial charge in [0.2, 0.25) is 0 Å². The Kier molecular flexibility index (Phi) is 1.26. The average molecular weight is 126 g/mol. The Morgan fingerprint density at radius 2 is 1.44 bits per heavy atom. The summed E-state index contributed by atoms with van der Waals surface area (Å²) in [6, 6.07) is 0. The first kappa shape index (κ1) is 5.72. The van der Waals surface area contributed by atoms with Crippen molar-refractivity contribution in [3.63, 3.8) is 0 Å². The lowest BCUT2D eigenvalue weighted by Gasteiger charge is -2.22. The number of aliphatic hydroxyl groups excluding tert-OH is 1. The van der Waals surface area contributed by atoms with Crippen molar-refractivity contribution in [1.82, 2.24) is 0 Å². The quantitative estimate of drug-likeness (QED) is 0.522. The van der Waals surface area contributed by atoms with Crippen LogP contribution < -0.4 is 0 Å². The maximum atomic E-state index is 9.29. The largest absolute Gasteiger partial charge is 0.393 e. The fourth-order valence-electron chi connectivity index (χ4n) is 2.47. The van der Waals surface area contributed by atoms with Crippen molar-refractivity contribution < 1.29 is 5.11 Å². The van der Waals surface area contributed by atoms with Crippen molar-refractivity contribution in [3.05, 3.63) is 0 Å². The first-order valence-electron chi connectivity index (χ1n) is 4.02. The lowest BCUT2D eigenvalue weighted by molar-refractivity contribution is 0.0965. The molecule has 0 aromatic rings. The van der Waals surface area contributed by atoms with Gasteiger partial charge in [-0.05, 0) is 31.1 Å². The van der Waals surface area contributed by atoms with E-state index in [0.29, 0.717) is 0 Å². The summed E-state index contributed by atoms with van der Waals surface area (Å²) < 4.78 is 0. The van der Waals surface area contributed by atoms with Crippen LogP contribution in [-0.4, -0.2) is 11.2 Å². The Morgan fingerprint density at radius 3 is 2.00 bits per heavy atom. The van der Waals surface area contributed by atoms with E-state index in [4.69, 9.17) is 0 Å². The summed E-state index contributed by atoms with van der Waals surface area (Å²) in [5, 5.41) is 9.29. The maximum absolute atomic E-state index is 9.29. The van der Waals surface area contributed by atoms with E-state index in [-0.39, 0.29) is 6.10 Å². The number of hydrogen-bond acceptors (Lipinski definition) is 1. The van der Waals surface area contributed by atoms with Gasteiger partial charge in [-0.25, -0.2) is 0 Å². The van der Waals surface area contributed by atoms with E-state index >= 15 is 0 Å². The van der Waals surface area contributed by atoms with Crippen LogP contribution in [0.25, 0.3) is 0 Å². The fraction of sp³-hybridized carbons (Fsp3) is 1.00. The first-order chi connectivity index (χ1) is 4.34. The molecule has 2 bridgehead atoms. The zero-order valence-electron chi connectivity index (χ0n) is 5.71. The van der Waals surface area contributed by atoms with Crippen LogP contribution in [0.15, 0.2) is 0 Å². The van der Waals surface area contributed by atoms with Crippen molar-refractivity contribution in [2.75, 3.05) is 0 Å². The lowest BCUT2D eigenvalue weighted by atomic mass is 9.87. The normalized spacial score (nSPS) is 49.7. The molecule has 1 N–H and O–H groups in total. The third kappa shape index (κ3) is 0.983. The molecule has 2 aliphatic carbocycles. The highest BCUT2D eigenvalue weighted by Crippen LogP contribution is 2.41.